The number of amides is 2. The summed E-state index contributed by atoms with van der Waals surface area (Å²) >= 11 is 11.3. The second kappa shape index (κ2) is 8.63. The lowest BCUT2D eigenvalue weighted by Gasteiger charge is -2.29. The molecule has 0 unspecified atom stereocenters. The molecule has 1 aliphatic heterocycles. The standard InChI is InChI=1S/C21H19ClN2O4S/c1-3-12-5-7-14(8-6-12)24-20(27)15(19(26)23-21(24)29)9-13-10-16(22)18(25)17(11-13)28-4-2/h5-11,25H,3-4H2,1-2H3,(H,23,26,29). The number of phenols is 1. The van der Waals surface area contributed by atoms with E-state index in [1.165, 1.54) is 23.1 Å². The van der Waals surface area contributed by atoms with Crippen molar-refractivity contribution < 1.29 is 19.4 Å². The van der Waals surface area contributed by atoms with E-state index in [0.29, 0.717) is 17.9 Å². The van der Waals surface area contributed by atoms with Crippen LogP contribution in [0.2, 0.25) is 5.02 Å². The minimum absolute atomic E-state index is 0.0140. The van der Waals surface area contributed by atoms with Gasteiger partial charge in [0.1, 0.15) is 5.57 Å². The van der Waals surface area contributed by atoms with E-state index in [-0.39, 0.29) is 27.2 Å². The highest BCUT2D eigenvalue weighted by Gasteiger charge is 2.34. The Morgan fingerprint density at radius 1 is 1.21 bits per heavy atom. The molecule has 2 aromatic carbocycles. The number of aryl methyl sites for hydroxylation is 1. The van der Waals surface area contributed by atoms with Crippen LogP contribution >= 0.6 is 23.8 Å². The molecule has 6 nitrogen and oxygen atoms in total. The molecule has 0 aliphatic carbocycles. The summed E-state index contributed by atoms with van der Waals surface area (Å²) in [4.78, 5) is 26.8. The van der Waals surface area contributed by atoms with Gasteiger partial charge in [0.2, 0.25) is 0 Å². The Morgan fingerprint density at radius 3 is 2.52 bits per heavy atom. The summed E-state index contributed by atoms with van der Waals surface area (Å²) in [6, 6.07) is 10.3. The number of aromatic hydroxyl groups is 1. The van der Waals surface area contributed by atoms with Crippen LogP contribution in [0, 0.1) is 0 Å². The molecular weight excluding hydrogens is 412 g/mol. The Kier molecular flexibility index (Phi) is 6.20. The minimum atomic E-state index is -0.608. The van der Waals surface area contributed by atoms with Gasteiger partial charge in [-0.1, -0.05) is 30.7 Å². The highest BCUT2D eigenvalue weighted by molar-refractivity contribution is 7.80. The number of carbonyl (C=O) groups is 2. The van der Waals surface area contributed by atoms with Crippen molar-refractivity contribution in [3.05, 3.63) is 58.1 Å². The number of benzene rings is 2. The summed E-state index contributed by atoms with van der Waals surface area (Å²) in [6.45, 7) is 4.12. The third-order valence-corrected chi connectivity index (χ3v) is 4.94. The van der Waals surface area contributed by atoms with Gasteiger partial charge in [0, 0.05) is 0 Å². The van der Waals surface area contributed by atoms with Gasteiger partial charge in [0.15, 0.2) is 16.6 Å². The molecule has 0 saturated carbocycles. The van der Waals surface area contributed by atoms with Crippen molar-refractivity contribution in [2.24, 2.45) is 0 Å². The van der Waals surface area contributed by atoms with Crippen LogP contribution in [0.25, 0.3) is 6.08 Å². The van der Waals surface area contributed by atoms with Gasteiger partial charge in [-0.2, -0.15) is 0 Å². The van der Waals surface area contributed by atoms with Crippen LogP contribution in [-0.4, -0.2) is 28.6 Å². The number of hydrogen-bond donors (Lipinski definition) is 2. The average Bonchev–Trinajstić information content (AvgIpc) is 2.69. The van der Waals surface area contributed by atoms with Gasteiger partial charge in [-0.3, -0.25) is 19.8 Å². The summed E-state index contributed by atoms with van der Waals surface area (Å²) in [5.41, 5.74) is 2.00. The third-order valence-electron chi connectivity index (χ3n) is 4.37. The molecule has 29 heavy (non-hydrogen) atoms. The summed E-state index contributed by atoms with van der Waals surface area (Å²) in [5, 5.41) is 12.6. The number of thiocarbonyl (C=S) groups is 1. The zero-order valence-electron chi connectivity index (χ0n) is 15.9. The second-order valence-corrected chi connectivity index (χ2v) is 7.05. The van der Waals surface area contributed by atoms with Crippen LogP contribution in [0.1, 0.15) is 25.0 Å². The third kappa shape index (κ3) is 4.26. The fourth-order valence-corrected chi connectivity index (χ4v) is 3.38. The predicted octanol–water partition coefficient (Wildman–Crippen LogP) is 3.84. The average molecular weight is 431 g/mol. The van der Waals surface area contributed by atoms with Crippen LogP contribution in [0.5, 0.6) is 11.5 Å². The first kappa shape index (κ1) is 20.8. The first-order valence-electron chi connectivity index (χ1n) is 9.01. The van der Waals surface area contributed by atoms with Crippen molar-refractivity contribution in [3.63, 3.8) is 0 Å². The normalized spacial score (nSPS) is 15.6. The van der Waals surface area contributed by atoms with E-state index in [1.807, 2.05) is 19.1 Å². The number of anilines is 1. The van der Waals surface area contributed by atoms with Crippen LogP contribution in [0.3, 0.4) is 0 Å². The highest BCUT2D eigenvalue weighted by Crippen LogP contribution is 2.36. The maximum atomic E-state index is 13.1. The van der Waals surface area contributed by atoms with Crippen molar-refractivity contribution in [2.75, 3.05) is 11.5 Å². The Bertz CT molecular complexity index is 1020. The van der Waals surface area contributed by atoms with E-state index in [9.17, 15) is 14.7 Å². The summed E-state index contributed by atoms with van der Waals surface area (Å²) in [5.74, 6) is -1.19. The molecule has 1 aliphatic rings. The Hall–Kier alpha value is -2.90. The van der Waals surface area contributed by atoms with Crippen molar-refractivity contribution in [1.29, 1.82) is 0 Å². The molecule has 0 aromatic heterocycles. The van der Waals surface area contributed by atoms with E-state index in [2.05, 4.69) is 5.32 Å². The zero-order valence-corrected chi connectivity index (χ0v) is 17.4. The lowest BCUT2D eigenvalue weighted by Crippen LogP contribution is -2.54. The quantitative estimate of drug-likeness (QED) is 0.428. The molecule has 2 amide bonds. The molecular formula is C21H19ClN2O4S. The molecule has 2 N–H and O–H groups in total. The van der Waals surface area contributed by atoms with Gasteiger partial charge in [-0.15, -0.1) is 0 Å². The van der Waals surface area contributed by atoms with Gasteiger partial charge in [0.05, 0.1) is 17.3 Å². The zero-order chi connectivity index (χ0) is 21.1. The smallest absolute Gasteiger partial charge is 0.270 e. The van der Waals surface area contributed by atoms with E-state index in [4.69, 9.17) is 28.6 Å². The molecule has 2 aromatic rings. The predicted molar refractivity (Wildman–Crippen MR) is 116 cm³/mol. The second-order valence-electron chi connectivity index (χ2n) is 6.26. The fraction of sp³-hybridized carbons (Fsp3) is 0.190. The van der Waals surface area contributed by atoms with Crippen molar-refractivity contribution in [3.8, 4) is 11.5 Å². The molecule has 0 spiro atoms. The molecule has 0 bridgehead atoms. The lowest BCUT2D eigenvalue weighted by molar-refractivity contribution is -0.122. The molecule has 8 heteroatoms. The van der Waals surface area contributed by atoms with Gasteiger partial charge < -0.3 is 9.84 Å². The van der Waals surface area contributed by atoms with Gasteiger partial charge in [-0.05, 0) is 67.0 Å². The molecule has 1 fully saturated rings. The monoisotopic (exact) mass is 430 g/mol. The number of halogens is 1. The number of carbonyl (C=O) groups excluding carboxylic acids is 2. The topological polar surface area (TPSA) is 78.9 Å². The molecule has 3 rings (SSSR count). The molecule has 0 atom stereocenters. The van der Waals surface area contributed by atoms with E-state index < -0.39 is 11.8 Å². The van der Waals surface area contributed by atoms with Crippen molar-refractivity contribution in [2.45, 2.75) is 20.3 Å². The summed E-state index contributed by atoms with van der Waals surface area (Å²) < 4.78 is 5.35. The maximum Gasteiger partial charge on any atom is 0.270 e. The maximum absolute atomic E-state index is 13.1. The van der Waals surface area contributed by atoms with E-state index in [1.54, 1.807) is 19.1 Å². The van der Waals surface area contributed by atoms with E-state index >= 15 is 0 Å². The highest BCUT2D eigenvalue weighted by atomic mass is 35.5. The fourth-order valence-electron chi connectivity index (χ4n) is 2.88. The van der Waals surface area contributed by atoms with Crippen LogP contribution in [0.4, 0.5) is 5.69 Å². The number of hydrogen-bond acceptors (Lipinski definition) is 5. The molecule has 1 saturated heterocycles. The van der Waals surface area contributed by atoms with E-state index in [0.717, 1.165) is 12.0 Å². The van der Waals surface area contributed by atoms with Crippen LogP contribution < -0.4 is 15.0 Å². The largest absolute Gasteiger partial charge is 0.503 e. The first-order valence-corrected chi connectivity index (χ1v) is 9.80. The molecule has 150 valence electrons. The number of nitrogens with zero attached hydrogens (tertiary/aromatic N) is 1. The Morgan fingerprint density at radius 2 is 1.90 bits per heavy atom. The SMILES string of the molecule is CCOc1cc(C=C2C(=O)NC(=S)N(c3ccc(CC)cc3)C2=O)cc(Cl)c1O. The number of phenolic OH excluding ortho intramolecular Hbond substituents is 1. The van der Waals surface area contributed by atoms with Crippen LogP contribution in [-0.2, 0) is 16.0 Å². The lowest BCUT2D eigenvalue weighted by atomic mass is 10.1. The first-order chi connectivity index (χ1) is 13.8. The minimum Gasteiger partial charge on any atom is -0.503 e. The number of ether oxygens (including phenoxy) is 1. The molecule has 0 radical (unpaired) electrons. The Balaban J connectivity index is 2.01. The Labute approximate surface area is 178 Å². The summed E-state index contributed by atoms with van der Waals surface area (Å²) in [6.07, 6.45) is 2.25. The van der Waals surface area contributed by atoms with Crippen molar-refractivity contribution in [1.82, 2.24) is 5.32 Å². The molecule has 1 heterocycles. The van der Waals surface area contributed by atoms with Crippen molar-refractivity contribution >= 4 is 52.5 Å². The summed E-state index contributed by atoms with van der Waals surface area (Å²) in [7, 11) is 0. The van der Waals surface area contributed by atoms with Gasteiger partial charge >= 0.3 is 0 Å². The van der Waals surface area contributed by atoms with Crippen LogP contribution in [0.15, 0.2) is 42.0 Å². The van der Waals surface area contributed by atoms with Gasteiger partial charge in [-0.25, -0.2) is 0 Å². The van der Waals surface area contributed by atoms with Gasteiger partial charge in [0.25, 0.3) is 11.8 Å². The number of rotatable bonds is 5. The number of nitrogens with one attached hydrogen (secondary N) is 1.